The molecule has 2 N–H and O–H groups in total. The third kappa shape index (κ3) is 2.49. The van der Waals surface area contributed by atoms with E-state index >= 15 is 0 Å². The van der Waals surface area contributed by atoms with Gasteiger partial charge in [-0.3, -0.25) is 10.2 Å². The van der Waals surface area contributed by atoms with Crippen molar-refractivity contribution in [2.24, 2.45) is 0 Å². The number of hydrogen-bond acceptors (Lipinski definition) is 3. The molecule has 0 radical (unpaired) electrons. The van der Waals surface area contributed by atoms with Crippen LogP contribution < -0.4 is 0 Å². The first-order valence-corrected chi connectivity index (χ1v) is 4.26. The van der Waals surface area contributed by atoms with Crippen molar-refractivity contribution < 1.29 is 14.3 Å². The Labute approximate surface area is 86.4 Å². The molecule has 78 valence electrons. The quantitative estimate of drug-likeness (QED) is 0.345. The van der Waals surface area contributed by atoms with Gasteiger partial charge in [0, 0.05) is 5.56 Å². The molecular weight excluding hydrogens is 197 g/mol. The summed E-state index contributed by atoms with van der Waals surface area (Å²) >= 11 is 0. The van der Waals surface area contributed by atoms with E-state index in [4.69, 9.17) is 10.5 Å². The van der Waals surface area contributed by atoms with E-state index in [9.17, 15) is 9.18 Å². The molecule has 0 unspecified atom stereocenters. The van der Waals surface area contributed by atoms with E-state index in [-0.39, 0.29) is 22.6 Å². The summed E-state index contributed by atoms with van der Waals surface area (Å²) < 4.78 is 12.8. The van der Waals surface area contributed by atoms with Crippen molar-refractivity contribution >= 4 is 12.0 Å². The van der Waals surface area contributed by atoms with Crippen LogP contribution in [0.2, 0.25) is 0 Å². The molecule has 0 spiro atoms. The molecule has 1 rings (SSSR count). The molecule has 0 heterocycles. The molecule has 0 bridgehead atoms. The van der Waals surface area contributed by atoms with Gasteiger partial charge in [0.1, 0.15) is 11.6 Å². The summed E-state index contributed by atoms with van der Waals surface area (Å²) in [6.07, 6.45) is 0.378. The van der Waals surface area contributed by atoms with Crippen molar-refractivity contribution in [3.8, 4) is 0 Å². The van der Waals surface area contributed by atoms with Gasteiger partial charge in [-0.1, -0.05) is 12.1 Å². The minimum atomic E-state index is -0.488. The van der Waals surface area contributed by atoms with Gasteiger partial charge >= 0.3 is 0 Å². The fourth-order valence-electron chi connectivity index (χ4n) is 1.12. The van der Waals surface area contributed by atoms with Crippen LogP contribution in [-0.4, -0.2) is 17.1 Å². The Balaban J connectivity index is 3.15. The van der Waals surface area contributed by atoms with Crippen LogP contribution in [0.1, 0.15) is 12.5 Å². The third-order valence-electron chi connectivity index (χ3n) is 1.89. The van der Waals surface area contributed by atoms with E-state index < -0.39 is 5.82 Å². The van der Waals surface area contributed by atoms with Gasteiger partial charge in [-0.2, -0.15) is 0 Å². The Hall–Kier alpha value is -1.97. The molecule has 15 heavy (non-hydrogen) atoms. The molecule has 0 saturated heterocycles. The fourth-order valence-corrected chi connectivity index (χ4v) is 1.12. The number of aldehydes is 1. The standard InChI is InChI=1S/C11H10FNO2/c1-7(15)10(6-14)11(13)8-3-2-4-9(12)5-8/h2-6,13,15H,1H3/b10-7-,13-11?. The van der Waals surface area contributed by atoms with Gasteiger partial charge in [0.05, 0.1) is 11.3 Å². The van der Waals surface area contributed by atoms with Crippen LogP contribution in [0.25, 0.3) is 0 Å². The monoisotopic (exact) mass is 207 g/mol. The Morgan fingerprint density at radius 3 is 2.67 bits per heavy atom. The van der Waals surface area contributed by atoms with Crippen LogP contribution in [0.5, 0.6) is 0 Å². The SMILES string of the molecule is C/C(O)=C(\C=O)C(=N)c1cccc(F)c1. The summed E-state index contributed by atoms with van der Waals surface area (Å²) in [5.41, 5.74) is -0.0735. The summed E-state index contributed by atoms with van der Waals surface area (Å²) in [5, 5.41) is 16.7. The zero-order chi connectivity index (χ0) is 11.4. The predicted molar refractivity (Wildman–Crippen MR) is 54.6 cm³/mol. The molecule has 0 aliphatic rings. The molecule has 3 nitrogen and oxygen atoms in total. The molecule has 0 saturated carbocycles. The Bertz CT molecular complexity index is 434. The minimum absolute atomic E-state index is 0.138. The number of halogens is 1. The number of carbonyl (C=O) groups is 1. The smallest absolute Gasteiger partial charge is 0.155 e. The second-order valence-corrected chi connectivity index (χ2v) is 3.00. The molecule has 0 aliphatic carbocycles. The Morgan fingerprint density at radius 2 is 2.20 bits per heavy atom. The average Bonchev–Trinajstić information content (AvgIpc) is 2.18. The molecule has 0 aromatic heterocycles. The largest absolute Gasteiger partial charge is 0.512 e. The first-order valence-electron chi connectivity index (χ1n) is 4.26. The van der Waals surface area contributed by atoms with Crippen LogP contribution in [0.3, 0.4) is 0 Å². The number of aliphatic hydroxyl groups excluding tert-OH is 1. The summed E-state index contributed by atoms with van der Waals surface area (Å²) in [7, 11) is 0. The first-order chi connectivity index (χ1) is 7.06. The number of carbonyl (C=O) groups excluding carboxylic acids is 1. The molecule has 0 fully saturated rings. The van der Waals surface area contributed by atoms with E-state index in [1.165, 1.54) is 25.1 Å². The van der Waals surface area contributed by atoms with E-state index in [1.807, 2.05) is 0 Å². The molecule has 1 aromatic carbocycles. The molecule has 0 atom stereocenters. The maximum absolute atomic E-state index is 12.8. The fraction of sp³-hybridized carbons (Fsp3) is 0.0909. The van der Waals surface area contributed by atoms with Gasteiger partial charge in [0.25, 0.3) is 0 Å². The lowest BCUT2D eigenvalue weighted by atomic mass is 10.0. The molecular formula is C11H10FNO2. The third-order valence-corrected chi connectivity index (χ3v) is 1.89. The van der Waals surface area contributed by atoms with Gasteiger partial charge in [-0.15, -0.1) is 0 Å². The van der Waals surface area contributed by atoms with Gasteiger partial charge in [0.15, 0.2) is 6.29 Å². The van der Waals surface area contributed by atoms with Crippen molar-refractivity contribution in [1.82, 2.24) is 0 Å². The zero-order valence-corrected chi connectivity index (χ0v) is 8.12. The number of aliphatic hydroxyl groups is 1. The summed E-state index contributed by atoms with van der Waals surface area (Å²) in [6, 6.07) is 5.31. The minimum Gasteiger partial charge on any atom is -0.512 e. The number of rotatable bonds is 3. The maximum atomic E-state index is 12.8. The van der Waals surface area contributed by atoms with Crippen molar-refractivity contribution in [3.63, 3.8) is 0 Å². The summed E-state index contributed by atoms with van der Waals surface area (Å²) in [6.45, 7) is 1.30. The van der Waals surface area contributed by atoms with Crippen LogP contribution in [0, 0.1) is 11.2 Å². The lowest BCUT2D eigenvalue weighted by Gasteiger charge is -2.04. The van der Waals surface area contributed by atoms with Crippen LogP contribution in [0.15, 0.2) is 35.6 Å². The molecule has 0 aliphatic heterocycles. The number of nitrogens with one attached hydrogen (secondary N) is 1. The highest BCUT2D eigenvalue weighted by atomic mass is 19.1. The van der Waals surface area contributed by atoms with Crippen LogP contribution >= 0.6 is 0 Å². The number of allylic oxidation sites excluding steroid dienone is 2. The topological polar surface area (TPSA) is 61.1 Å². The highest BCUT2D eigenvalue weighted by molar-refractivity contribution is 6.21. The van der Waals surface area contributed by atoms with E-state index in [2.05, 4.69) is 0 Å². The second kappa shape index (κ2) is 4.50. The number of benzene rings is 1. The molecule has 1 aromatic rings. The highest BCUT2D eigenvalue weighted by Gasteiger charge is 2.10. The normalized spacial score (nSPS) is 11.9. The van der Waals surface area contributed by atoms with Crippen LogP contribution in [0.4, 0.5) is 4.39 Å². The highest BCUT2D eigenvalue weighted by Crippen LogP contribution is 2.10. The summed E-state index contributed by atoms with van der Waals surface area (Å²) in [4.78, 5) is 10.6. The van der Waals surface area contributed by atoms with E-state index in [0.29, 0.717) is 6.29 Å². The zero-order valence-electron chi connectivity index (χ0n) is 8.12. The van der Waals surface area contributed by atoms with Crippen LogP contribution in [-0.2, 0) is 4.79 Å². The van der Waals surface area contributed by atoms with Crippen molar-refractivity contribution in [2.75, 3.05) is 0 Å². The molecule has 0 amide bonds. The van der Waals surface area contributed by atoms with Crippen molar-refractivity contribution in [3.05, 3.63) is 47.0 Å². The van der Waals surface area contributed by atoms with E-state index in [1.54, 1.807) is 0 Å². The second-order valence-electron chi connectivity index (χ2n) is 3.00. The lowest BCUT2D eigenvalue weighted by molar-refractivity contribution is -0.104. The van der Waals surface area contributed by atoms with Gasteiger partial charge < -0.3 is 5.11 Å². The Morgan fingerprint density at radius 1 is 1.53 bits per heavy atom. The van der Waals surface area contributed by atoms with Crippen molar-refractivity contribution in [2.45, 2.75) is 6.92 Å². The molecule has 4 heteroatoms. The maximum Gasteiger partial charge on any atom is 0.155 e. The lowest BCUT2D eigenvalue weighted by Crippen LogP contribution is -2.07. The van der Waals surface area contributed by atoms with Gasteiger partial charge in [-0.05, 0) is 19.1 Å². The average molecular weight is 207 g/mol. The number of hydrogen-bond donors (Lipinski definition) is 2. The first kappa shape index (κ1) is 11.1. The van der Waals surface area contributed by atoms with E-state index in [0.717, 1.165) is 6.07 Å². The van der Waals surface area contributed by atoms with Gasteiger partial charge in [0.2, 0.25) is 0 Å². The van der Waals surface area contributed by atoms with Crippen molar-refractivity contribution in [1.29, 1.82) is 5.41 Å². The summed E-state index contributed by atoms with van der Waals surface area (Å²) in [5.74, 6) is -0.739. The predicted octanol–water partition coefficient (Wildman–Crippen LogP) is 2.22. The Kier molecular flexibility index (Phi) is 3.33. The van der Waals surface area contributed by atoms with Gasteiger partial charge in [-0.25, -0.2) is 4.39 Å².